The minimum absolute atomic E-state index is 0.0367. The van der Waals surface area contributed by atoms with Crippen LogP contribution in [0.3, 0.4) is 0 Å². The first-order chi connectivity index (χ1) is 19.1. The molecule has 2 saturated heterocycles. The van der Waals surface area contributed by atoms with Crippen molar-refractivity contribution in [3.05, 3.63) is 83.3 Å². The predicted molar refractivity (Wildman–Crippen MR) is 154 cm³/mol. The van der Waals surface area contributed by atoms with E-state index in [-0.39, 0.29) is 17.7 Å². The monoisotopic (exact) mass is 527 g/mol. The maximum absolute atomic E-state index is 12.9. The van der Waals surface area contributed by atoms with Crippen LogP contribution in [0.25, 0.3) is 11.1 Å². The number of benzene rings is 3. The molecule has 2 aliphatic rings. The third kappa shape index (κ3) is 6.84. The highest BCUT2D eigenvalue weighted by atomic mass is 16.5. The Labute approximate surface area is 230 Å². The molecule has 3 aromatic carbocycles. The van der Waals surface area contributed by atoms with Crippen LogP contribution in [0.15, 0.2) is 78.0 Å². The maximum atomic E-state index is 12.9. The van der Waals surface area contributed by atoms with Crippen molar-refractivity contribution in [2.45, 2.75) is 44.1 Å². The highest BCUT2D eigenvalue weighted by Gasteiger charge is 2.26. The summed E-state index contributed by atoms with van der Waals surface area (Å²) in [6.45, 7) is 4.31. The molecule has 0 radical (unpaired) electrons. The van der Waals surface area contributed by atoms with E-state index in [2.05, 4.69) is 58.6 Å². The molecule has 2 fully saturated rings. The van der Waals surface area contributed by atoms with Gasteiger partial charge in [-0.15, -0.1) is 4.91 Å². The number of nitroso groups, excluding NO2 is 1. The van der Waals surface area contributed by atoms with Gasteiger partial charge in [0.05, 0.1) is 7.11 Å². The van der Waals surface area contributed by atoms with Crippen LogP contribution in [-0.2, 0) is 4.79 Å². The molecular weight excluding hydrogens is 490 g/mol. The Morgan fingerprint density at radius 2 is 1.56 bits per heavy atom. The number of carbonyl (C=O) groups is 1. The topological polar surface area (TPSA) is 71.4 Å². The van der Waals surface area contributed by atoms with Gasteiger partial charge in [0, 0.05) is 45.0 Å². The second-order valence-electron chi connectivity index (χ2n) is 10.5. The number of carbonyl (C=O) groups excluding carboxylic acids is 1. The van der Waals surface area contributed by atoms with E-state index in [0.29, 0.717) is 36.9 Å². The van der Waals surface area contributed by atoms with Gasteiger partial charge in [-0.05, 0) is 65.8 Å². The van der Waals surface area contributed by atoms with Gasteiger partial charge in [0.25, 0.3) is 0 Å². The largest absolute Gasteiger partial charge is 0.494 e. The van der Waals surface area contributed by atoms with Crippen LogP contribution in [0.4, 0.5) is 5.69 Å². The van der Waals surface area contributed by atoms with Crippen LogP contribution < -0.4 is 9.47 Å². The molecule has 0 spiro atoms. The maximum Gasteiger partial charge on any atom is 0.223 e. The number of methoxy groups -OCH3 is 1. The molecule has 2 aliphatic heterocycles. The molecule has 2 heterocycles. The van der Waals surface area contributed by atoms with E-state index in [1.807, 2.05) is 11.0 Å². The number of rotatable bonds is 9. The predicted octanol–water partition coefficient (Wildman–Crippen LogP) is 6.40. The Morgan fingerprint density at radius 1 is 0.872 bits per heavy atom. The average Bonchev–Trinajstić information content (AvgIpc) is 3.01. The third-order valence-electron chi connectivity index (χ3n) is 8.07. The molecule has 0 bridgehead atoms. The zero-order chi connectivity index (χ0) is 27.0. The molecule has 7 heteroatoms. The normalized spacial score (nSPS) is 17.1. The van der Waals surface area contributed by atoms with E-state index in [9.17, 15) is 9.70 Å². The van der Waals surface area contributed by atoms with Crippen LogP contribution in [0, 0.1) is 4.91 Å². The van der Waals surface area contributed by atoms with Crippen LogP contribution in [0.5, 0.6) is 11.5 Å². The van der Waals surface area contributed by atoms with E-state index in [1.54, 1.807) is 18.2 Å². The summed E-state index contributed by atoms with van der Waals surface area (Å²) in [4.78, 5) is 28.2. The molecule has 3 aromatic rings. The molecule has 0 unspecified atom stereocenters. The molecule has 0 atom stereocenters. The summed E-state index contributed by atoms with van der Waals surface area (Å²) in [6.07, 6.45) is 4.45. The summed E-state index contributed by atoms with van der Waals surface area (Å²) in [5, 5.41) is 2.96. The lowest BCUT2D eigenvalue weighted by Crippen LogP contribution is -2.43. The van der Waals surface area contributed by atoms with Gasteiger partial charge < -0.3 is 19.3 Å². The SMILES string of the molecule is COc1cc(OC2CCN(C(=O)CCN3CCC(c4ccc(-c5ccccc5)cc4)CC3)CC2)ccc1N=O. The molecule has 7 nitrogen and oxygen atoms in total. The van der Waals surface area contributed by atoms with Gasteiger partial charge >= 0.3 is 0 Å². The Hall–Kier alpha value is -3.71. The van der Waals surface area contributed by atoms with Gasteiger partial charge in [-0.1, -0.05) is 54.6 Å². The van der Waals surface area contributed by atoms with Crippen molar-refractivity contribution in [3.8, 4) is 22.6 Å². The molecule has 0 aromatic heterocycles. The van der Waals surface area contributed by atoms with Crippen molar-refractivity contribution in [3.63, 3.8) is 0 Å². The fraction of sp³-hybridized carbons (Fsp3) is 0.406. The molecular formula is C32H37N3O4. The first kappa shape index (κ1) is 26.9. The molecule has 0 N–H and O–H groups in total. The molecule has 5 rings (SSSR count). The van der Waals surface area contributed by atoms with Gasteiger partial charge in [0.2, 0.25) is 5.91 Å². The second kappa shape index (κ2) is 12.9. The Morgan fingerprint density at radius 3 is 2.23 bits per heavy atom. The smallest absolute Gasteiger partial charge is 0.223 e. The molecule has 39 heavy (non-hydrogen) atoms. The van der Waals surface area contributed by atoms with Gasteiger partial charge in [0.1, 0.15) is 17.5 Å². The lowest BCUT2D eigenvalue weighted by molar-refractivity contribution is -0.133. The number of likely N-dealkylation sites (tertiary alicyclic amines) is 2. The van der Waals surface area contributed by atoms with E-state index in [0.717, 1.165) is 45.3 Å². The van der Waals surface area contributed by atoms with Crippen molar-refractivity contribution in [2.75, 3.05) is 39.8 Å². The van der Waals surface area contributed by atoms with E-state index in [1.165, 1.54) is 23.8 Å². The highest BCUT2D eigenvalue weighted by Crippen LogP contribution is 2.33. The summed E-state index contributed by atoms with van der Waals surface area (Å²) in [5.41, 5.74) is 4.19. The fourth-order valence-electron chi connectivity index (χ4n) is 5.70. The minimum atomic E-state index is 0.0367. The van der Waals surface area contributed by atoms with Crippen molar-refractivity contribution in [2.24, 2.45) is 5.18 Å². The summed E-state index contributed by atoms with van der Waals surface area (Å²) in [5.74, 6) is 1.88. The van der Waals surface area contributed by atoms with Crippen molar-refractivity contribution >= 4 is 11.6 Å². The van der Waals surface area contributed by atoms with E-state index < -0.39 is 0 Å². The minimum Gasteiger partial charge on any atom is -0.494 e. The first-order valence-electron chi connectivity index (χ1n) is 14.0. The molecule has 1 amide bonds. The lowest BCUT2D eigenvalue weighted by Gasteiger charge is -2.34. The average molecular weight is 528 g/mol. The summed E-state index contributed by atoms with van der Waals surface area (Å²) in [7, 11) is 1.50. The molecule has 0 aliphatic carbocycles. The van der Waals surface area contributed by atoms with E-state index >= 15 is 0 Å². The van der Waals surface area contributed by atoms with Crippen molar-refractivity contribution in [1.82, 2.24) is 9.80 Å². The van der Waals surface area contributed by atoms with Gasteiger partial charge in [-0.25, -0.2) is 0 Å². The fourth-order valence-corrected chi connectivity index (χ4v) is 5.70. The Bertz CT molecular complexity index is 1230. The molecule has 0 saturated carbocycles. The Kier molecular flexibility index (Phi) is 8.89. The second-order valence-corrected chi connectivity index (χ2v) is 10.5. The van der Waals surface area contributed by atoms with Crippen molar-refractivity contribution in [1.29, 1.82) is 0 Å². The number of amides is 1. The lowest BCUT2D eigenvalue weighted by atomic mass is 9.88. The Balaban J connectivity index is 1.02. The number of hydrogen-bond acceptors (Lipinski definition) is 6. The quantitative estimate of drug-likeness (QED) is 0.301. The zero-order valence-electron chi connectivity index (χ0n) is 22.6. The molecule has 204 valence electrons. The summed E-state index contributed by atoms with van der Waals surface area (Å²) < 4.78 is 11.3. The zero-order valence-corrected chi connectivity index (χ0v) is 22.6. The highest BCUT2D eigenvalue weighted by molar-refractivity contribution is 5.76. The summed E-state index contributed by atoms with van der Waals surface area (Å²) >= 11 is 0. The number of ether oxygens (including phenoxy) is 2. The van der Waals surface area contributed by atoms with Crippen LogP contribution >= 0.6 is 0 Å². The number of nitrogens with zero attached hydrogens (tertiary/aromatic N) is 3. The van der Waals surface area contributed by atoms with Crippen LogP contribution in [0.1, 0.15) is 43.6 Å². The number of piperidine rings is 2. The van der Waals surface area contributed by atoms with Gasteiger partial charge in [0.15, 0.2) is 5.75 Å². The number of hydrogen-bond donors (Lipinski definition) is 0. The standard InChI is InChI=1S/C32H37N3O4/c1-38-31-23-29(11-12-30(31)33-37)39-28-15-21-35(22-16-28)32(36)17-20-34-18-13-27(14-19-34)26-9-7-25(8-10-26)24-5-3-2-4-6-24/h2-12,23,27-28H,13-22H2,1H3. The summed E-state index contributed by atoms with van der Waals surface area (Å²) in [6, 6.07) is 24.6. The third-order valence-corrected chi connectivity index (χ3v) is 8.07. The van der Waals surface area contributed by atoms with Gasteiger partial charge in [-0.3, -0.25) is 4.79 Å². The van der Waals surface area contributed by atoms with Gasteiger partial charge in [-0.2, -0.15) is 0 Å². The van der Waals surface area contributed by atoms with Crippen molar-refractivity contribution < 1.29 is 14.3 Å². The van der Waals surface area contributed by atoms with Crippen LogP contribution in [0.2, 0.25) is 0 Å². The van der Waals surface area contributed by atoms with Crippen LogP contribution in [-0.4, -0.2) is 61.6 Å². The van der Waals surface area contributed by atoms with E-state index in [4.69, 9.17) is 9.47 Å². The first-order valence-corrected chi connectivity index (χ1v) is 14.0.